The lowest BCUT2D eigenvalue weighted by Gasteiger charge is -2.08. The fraction of sp³-hybridized carbons (Fsp3) is 0.154. The number of hydrogen-bond acceptors (Lipinski definition) is 2. The summed E-state index contributed by atoms with van der Waals surface area (Å²) < 4.78 is 0.893. The zero-order chi connectivity index (χ0) is 12.4. The molecule has 1 N–H and O–H groups in total. The van der Waals surface area contributed by atoms with Crippen LogP contribution in [0.1, 0.15) is 21.5 Å². The summed E-state index contributed by atoms with van der Waals surface area (Å²) in [6.07, 6.45) is 0. The summed E-state index contributed by atoms with van der Waals surface area (Å²) in [5.74, 6) is -0.0601. The van der Waals surface area contributed by atoms with Gasteiger partial charge in [0.15, 0.2) is 0 Å². The van der Waals surface area contributed by atoms with Crippen molar-refractivity contribution < 1.29 is 4.79 Å². The third-order valence-electron chi connectivity index (χ3n) is 2.47. The first-order chi connectivity index (χ1) is 8.08. The minimum Gasteiger partial charge on any atom is -0.321 e. The molecule has 4 heteroatoms. The van der Waals surface area contributed by atoms with E-state index in [1.807, 2.05) is 42.8 Å². The highest BCUT2D eigenvalue weighted by Gasteiger charge is 2.11. The van der Waals surface area contributed by atoms with Gasteiger partial charge in [-0.2, -0.15) is 11.3 Å². The predicted molar refractivity (Wildman–Crippen MR) is 75.9 cm³/mol. The van der Waals surface area contributed by atoms with Crippen molar-refractivity contribution in [3.8, 4) is 0 Å². The van der Waals surface area contributed by atoms with E-state index in [-0.39, 0.29) is 5.91 Å². The summed E-state index contributed by atoms with van der Waals surface area (Å²) in [6, 6.07) is 5.88. The molecular formula is C13H12BrNOS. The van der Waals surface area contributed by atoms with Gasteiger partial charge < -0.3 is 5.32 Å². The smallest absolute Gasteiger partial charge is 0.256 e. The first kappa shape index (κ1) is 12.3. The van der Waals surface area contributed by atoms with Crippen LogP contribution in [0.25, 0.3) is 0 Å². The molecule has 0 aliphatic carbocycles. The number of halogens is 1. The highest BCUT2D eigenvalue weighted by Crippen LogP contribution is 2.24. The second kappa shape index (κ2) is 5.02. The highest BCUT2D eigenvalue weighted by atomic mass is 79.9. The number of benzene rings is 1. The maximum atomic E-state index is 12.0. The minimum atomic E-state index is -0.0601. The number of amides is 1. The molecule has 1 amide bonds. The van der Waals surface area contributed by atoms with Crippen LogP contribution in [-0.4, -0.2) is 5.91 Å². The summed E-state index contributed by atoms with van der Waals surface area (Å²) in [6.45, 7) is 3.94. The zero-order valence-corrected chi connectivity index (χ0v) is 12.0. The lowest BCUT2D eigenvalue weighted by Crippen LogP contribution is -2.12. The minimum absolute atomic E-state index is 0.0601. The molecule has 0 aliphatic heterocycles. The van der Waals surface area contributed by atoms with E-state index in [4.69, 9.17) is 0 Å². The van der Waals surface area contributed by atoms with E-state index in [0.29, 0.717) is 0 Å². The first-order valence-electron chi connectivity index (χ1n) is 5.18. The molecular weight excluding hydrogens is 298 g/mol. The zero-order valence-electron chi connectivity index (χ0n) is 9.58. The number of rotatable bonds is 2. The molecule has 0 atom stereocenters. The van der Waals surface area contributed by atoms with Crippen LogP contribution in [0.3, 0.4) is 0 Å². The van der Waals surface area contributed by atoms with E-state index >= 15 is 0 Å². The fourth-order valence-corrected chi connectivity index (χ4v) is 2.69. The van der Waals surface area contributed by atoms with Crippen molar-refractivity contribution in [1.82, 2.24) is 0 Å². The van der Waals surface area contributed by atoms with Crippen molar-refractivity contribution in [1.29, 1.82) is 0 Å². The number of carbonyl (C=O) groups excluding carboxylic acids is 1. The molecule has 0 saturated carbocycles. The van der Waals surface area contributed by atoms with Crippen molar-refractivity contribution >= 4 is 38.9 Å². The van der Waals surface area contributed by atoms with E-state index in [1.165, 1.54) is 11.3 Å². The molecule has 1 aromatic heterocycles. The predicted octanol–water partition coefficient (Wildman–Crippen LogP) is 4.38. The van der Waals surface area contributed by atoms with Crippen molar-refractivity contribution in [2.45, 2.75) is 13.8 Å². The number of thiophene rings is 1. The van der Waals surface area contributed by atoms with Gasteiger partial charge in [-0.3, -0.25) is 4.79 Å². The van der Waals surface area contributed by atoms with Gasteiger partial charge >= 0.3 is 0 Å². The molecule has 2 aromatic rings. The molecule has 0 unspecified atom stereocenters. The van der Waals surface area contributed by atoms with Crippen molar-refractivity contribution in [3.05, 3.63) is 50.1 Å². The van der Waals surface area contributed by atoms with Crippen LogP contribution in [0.2, 0.25) is 0 Å². The van der Waals surface area contributed by atoms with Crippen molar-refractivity contribution in [2.75, 3.05) is 5.32 Å². The van der Waals surface area contributed by atoms with E-state index in [2.05, 4.69) is 21.2 Å². The molecule has 0 aliphatic rings. The molecule has 0 fully saturated rings. The SMILES string of the molecule is Cc1ccc(Br)c(NC(=O)c2cscc2C)c1. The number of hydrogen-bond donors (Lipinski definition) is 1. The lowest BCUT2D eigenvalue weighted by atomic mass is 10.2. The Kier molecular flexibility index (Phi) is 3.64. The van der Waals surface area contributed by atoms with Crippen LogP contribution in [0, 0.1) is 13.8 Å². The number of nitrogens with one attached hydrogen (secondary N) is 1. The third-order valence-corrected chi connectivity index (χ3v) is 4.02. The molecule has 0 radical (unpaired) electrons. The average Bonchev–Trinajstić information content (AvgIpc) is 2.70. The van der Waals surface area contributed by atoms with Gasteiger partial charge in [0.2, 0.25) is 0 Å². The molecule has 0 saturated heterocycles. The lowest BCUT2D eigenvalue weighted by molar-refractivity contribution is 0.102. The van der Waals surface area contributed by atoms with Crippen LogP contribution in [0.5, 0.6) is 0 Å². The molecule has 88 valence electrons. The number of anilines is 1. The van der Waals surface area contributed by atoms with E-state index < -0.39 is 0 Å². The maximum Gasteiger partial charge on any atom is 0.256 e. The van der Waals surface area contributed by atoms with Crippen LogP contribution >= 0.6 is 27.3 Å². The van der Waals surface area contributed by atoms with Crippen LogP contribution < -0.4 is 5.32 Å². The molecule has 1 aromatic carbocycles. The van der Waals surface area contributed by atoms with E-state index in [0.717, 1.165) is 26.9 Å². The van der Waals surface area contributed by atoms with Crippen LogP contribution in [-0.2, 0) is 0 Å². The molecule has 0 bridgehead atoms. The normalized spacial score (nSPS) is 10.3. The maximum absolute atomic E-state index is 12.0. The second-order valence-electron chi connectivity index (χ2n) is 3.91. The van der Waals surface area contributed by atoms with Gasteiger partial charge in [0.25, 0.3) is 5.91 Å². The summed E-state index contributed by atoms with van der Waals surface area (Å²) in [7, 11) is 0. The van der Waals surface area contributed by atoms with Gasteiger partial charge in [0.1, 0.15) is 0 Å². The van der Waals surface area contributed by atoms with Crippen molar-refractivity contribution in [2.24, 2.45) is 0 Å². The summed E-state index contributed by atoms with van der Waals surface area (Å²) in [5.41, 5.74) is 3.67. The van der Waals surface area contributed by atoms with Gasteiger partial charge in [-0.15, -0.1) is 0 Å². The third kappa shape index (κ3) is 2.76. The highest BCUT2D eigenvalue weighted by molar-refractivity contribution is 9.10. The van der Waals surface area contributed by atoms with Crippen LogP contribution in [0.4, 0.5) is 5.69 Å². The van der Waals surface area contributed by atoms with Crippen molar-refractivity contribution in [3.63, 3.8) is 0 Å². The Balaban J connectivity index is 2.24. The Labute approximate surface area is 113 Å². The molecule has 1 heterocycles. The second-order valence-corrected chi connectivity index (χ2v) is 5.50. The van der Waals surface area contributed by atoms with Gasteiger partial charge in [0.05, 0.1) is 11.3 Å². The summed E-state index contributed by atoms with van der Waals surface area (Å²) in [4.78, 5) is 12.0. The Morgan fingerprint density at radius 2 is 2.06 bits per heavy atom. The fourth-order valence-electron chi connectivity index (χ4n) is 1.52. The molecule has 2 rings (SSSR count). The largest absolute Gasteiger partial charge is 0.321 e. The van der Waals surface area contributed by atoms with Gasteiger partial charge in [-0.25, -0.2) is 0 Å². The Morgan fingerprint density at radius 1 is 1.29 bits per heavy atom. The van der Waals surface area contributed by atoms with Crippen LogP contribution in [0.15, 0.2) is 33.4 Å². The van der Waals surface area contributed by atoms with E-state index in [9.17, 15) is 4.79 Å². The monoisotopic (exact) mass is 309 g/mol. The topological polar surface area (TPSA) is 29.1 Å². The Bertz CT molecular complexity index is 562. The van der Waals surface area contributed by atoms with Gasteiger partial charge in [-0.1, -0.05) is 6.07 Å². The Hall–Kier alpha value is -1.13. The van der Waals surface area contributed by atoms with Gasteiger partial charge in [0, 0.05) is 9.85 Å². The average molecular weight is 310 g/mol. The van der Waals surface area contributed by atoms with Gasteiger partial charge in [-0.05, 0) is 58.4 Å². The molecule has 17 heavy (non-hydrogen) atoms. The molecule has 0 spiro atoms. The van der Waals surface area contributed by atoms with E-state index in [1.54, 1.807) is 0 Å². The molecule has 2 nitrogen and oxygen atoms in total. The summed E-state index contributed by atoms with van der Waals surface area (Å²) in [5, 5.41) is 6.76. The first-order valence-corrected chi connectivity index (χ1v) is 6.92. The summed E-state index contributed by atoms with van der Waals surface area (Å²) >= 11 is 4.97. The standard InChI is InChI=1S/C13H12BrNOS/c1-8-3-4-11(14)12(5-8)15-13(16)10-7-17-6-9(10)2/h3-7H,1-2H3,(H,15,16). The number of aryl methyl sites for hydroxylation is 2. The Morgan fingerprint density at radius 3 is 2.71 bits per heavy atom. The quantitative estimate of drug-likeness (QED) is 0.876. The number of carbonyl (C=O) groups is 1.